The molecule has 0 aromatic carbocycles. The first kappa shape index (κ1) is 24.3. The maximum Gasteiger partial charge on any atom is 0.00723 e. The summed E-state index contributed by atoms with van der Waals surface area (Å²) in [5.74, 6) is 2.72. The van der Waals surface area contributed by atoms with Gasteiger partial charge in [0.2, 0.25) is 0 Å². The average Bonchev–Trinajstić information content (AvgIpc) is 2.60. The van der Waals surface area contributed by atoms with Crippen molar-refractivity contribution in [1.29, 1.82) is 0 Å². The molecule has 0 aliphatic rings. The fourth-order valence-corrected chi connectivity index (χ4v) is 4.14. The zero-order chi connectivity index (χ0) is 17.7. The van der Waals surface area contributed by atoms with Crippen molar-refractivity contribution in [2.45, 2.75) is 111 Å². The molecule has 0 aromatic rings. The van der Waals surface area contributed by atoms with Crippen molar-refractivity contribution < 1.29 is 0 Å². The molecule has 0 saturated carbocycles. The minimum atomic E-state index is 1.32. The summed E-state index contributed by atoms with van der Waals surface area (Å²) >= 11 is 2.19. The van der Waals surface area contributed by atoms with Gasteiger partial charge in [-0.2, -0.15) is 11.8 Å². The Morgan fingerprint density at radius 2 is 0.917 bits per heavy atom. The molecule has 0 N–H and O–H groups in total. The molecule has 0 fully saturated rings. The Morgan fingerprint density at radius 1 is 0.458 bits per heavy atom. The minimum absolute atomic E-state index is 1.32. The Labute approximate surface area is 158 Å². The Bertz CT molecular complexity index is 208. The molecule has 0 aromatic heterocycles. The van der Waals surface area contributed by atoms with Gasteiger partial charge in [0.15, 0.2) is 0 Å². The number of rotatable bonds is 20. The predicted molar refractivity (Wildman–Crippen MR) is 115 cm³/mol. The summed E-state index contributed by atoms with van der Waals surface area (Å²) in [6.07, 6.45) is 19.8. The third-order valence-corrected chi connectivity index (χ3v) is 5.90. The number of hydrogen-bond donors (Lipinski definition) is 0. The topological polar surface area (TPSA) is 3.24 Å². The molecule has 146 valence electrons. The van der Waals surface area contributed by atoms with Crippen LogP contribution in [-0.2, 0) is 0 Å². The highest BCUT2D eigenvalue weighted by atomic mass is 32.2. The van der Waals surface area contributed by atoms with Crippen molar-refractivity contribution in [2.75, 3.05) is 31.1 Å². The number of unbranched alkanes of at least 4 members (excludes halogenated alkanes) is 11. The van der Waals surface area contributed by atoms with E-state index in [0.29, 0.717) is 0 Å². The van der Waals surface area contributed by atoms with E-state index >= 15 is 0 Å². The normalized spacial score (nSPS) is 11.5. The lowest BCUT2D eigenvalue weighted by Crippen LogP contribution is -2.28. The molecular formula is C22H47NS. The van der Waals surface area contributed by atoms with Crippen LogP contribution in [0.25, 0.3) is 0 Å². The summed E-state index contributed by atoms with van der Waals surface area (Å²) in [7, 11) is 0. The molecule has 0 rings (SSSR count). The first-order valence-corrected chi connectivity index (χ1v) is 12.3. The molecule has 0 unspecified atom stereocenters. The summed E-state index contributed by atoms with van der Waals surface area (Å²) in [5.41, 5.74) is 0. The van der Waals surface area contributed by atoms with Crippen molar-refractivity contribution in [3.63, 3.8) is 0 Å². The quantitative estimate of drug-likeness (QED) is 0.207. The van der Waals surface area contributed by atoms with Gasteiger partial charge in [-0.1, -0.05) is 91.4 Å². The van der Waals surface area contributed by atoms with Crippen LogP contribution in [0.5, 0.6) is 0 Å². The van der Waals surface area contributed by atoms with E-state index in [-0.39, 0.29) is 0 Å². The van der Waals surface area contributed by atoms with Crippen LogP contribution in [0.2, 0.25) is 0 Å². The van der Waals surface area contributed by atoms with E-state index < -0.39 is 0 Å². The van der Waals surface area contributed by atoms with Gasteiger partial charge in [0.1, 0.15) is 0 Å². The zero-order valence-electron chi connectivity index (χ0n) is 17.3. The molecule has 0 atom stereocenters. The number of hydrogen-bond acceptors (Lipinski definition) is 2. The third kappa shape index (κ3) is 18.6. The van der Waals surface area contributed by atoms with E-state index in [9.17, 15) is 0 Å². The number of thioether (sulfide) groups is 1. The second kappa shape index (κ2) is 21.4. The highest BCUT2D eigenvalue weighted by molar-refractivity contribution is 7.99. The van der Waals surface area contributed by atoms with Crippen LogP contribution in [0, 0.1) is 0 Å². The first-order valence-electron chi connectivity index (χ1n) is 11.1. The second-order valence-electron chi connectivity index (χ2n) is 7.34. The van der Waals surface area contributed by atoms with Crippen LogP contribution in [-0.4, -0.2) is 36.0 Å². The SMILES string of the molecule is CCCCCCCCSCCN(CCCCCC)CCCCCC. The molecular weight excluding hydrogens is 310 g/mol. The van der Waals surface area contributed by atoms with E-state index in [1.165, 1.54) is 121 Å². The van der Waals surface area contributed by atoms with Crippen LogP contribution in [0.3, 0.4) is 0 Å². The van der Waals surface area contributed by atoms with Gasteiger partial charge in [-0.15, -0.1) is 0 Å². The molecule has 24 heavy (non-hydrogen) atoms. The first-order chi connectivity index (χ1) is 11.8. The van der Waals surface area contributed by atoms with Gasteiger partial charge in [0.25, 0.3) is 0 Å². The van der Waals surface area contributed by atoms with Crippen molar-refractivity contribution >= 4 is 11.8 Å². The molecule has 2 heteroatoms. The summed E-state index contributed by atoms with van der Waals surface area (Å²) in [6.45, 7) is 10.9. The van der Waals surface area contributed by atoms with E-state index in [1.807, 2.05) is 0 Å². The molecule has 0 spiro atoms. The molecule has 1 nitrogen and oxygen atoms in total. The average molecular weight is 358 g/mol. The van der Waals surface area contributed by atoms with Gasteiger partial charge in [-0.25, -0.2) is 0 Å². The highest BCUT2D eigenvalue weighted by Gasteiger charge is 2.04. The van der Waals surface area contributed by atoms with E-state index in [0.717, 1.165) is 0 Å². The predicted octanol–water partition coefficient (Wildman–Crippen LogP) is 7.54. The van der Waals surface area contributed by atoms with Gasteiger partial charge in [0.05, 0.1) is 0 Å². The summed E-state index contributed by atoms with van der Waals surface area (Å²) in [6, 6.07) is 0. The Morgan fingerprint density at radius 3 is 1.46 bits per heavy atom. The fraction of sp³-hybridized carbons (Fsp3) is 1.00. The Hall–Kier alpha value is 0.310. The standard InChI is InChI=1S/C22H47NS/c1-4-7-10-13-14-17-21-24-22-20-23(18-15-11-8-5-2)19-16-12-9-6-3/h4-22H2,1-3H3. The lowest BCUT2D eigenvalue weighted by molar-refractivity contribution is 0.276. The van der Waals surface area contributed by atoms with Crippen molar-refractivity contribution in [2.24, 2.45) is 0 Å². The van der Waals surface area contributed by atoms with Gasteiger partial charge in [-0.3, -0.25) is 0 Å². The maximum absolute atomic E-state index is 2.75. The van der Waals surface area contributed by atoms with Crippen LogP contribution >= 0.6 is 11.8 Å². The maximum atomic E-state index is 2.75. The summed E-state index contributed by atoms with van der Waals surface area (Å²) in [5, 5.41) is 0. The smallest absolute Gasteiger partial charge is 0.00723 e. The zero-order valence-corrected chi connectivity index (χ0v) is 18.1. The van der Waals surface area contributed by atoms with E-state index in [4.69, 9.17) is 0 Å². The number of nitrogens with zero attached hydrogens (tertiary/aromatic N) is 1. The van der Waals surface area contributed by atoms with Gasteiger partial charge >= 0.3 is 0 Å². The highest BCUT2D eigenvalue weighted by Crippen LogP contribution is 2.11. The molecule has 0 radical (unpaired) electrons. The van der Waals surface area contributed by atoms with Gasteiger partial charge < -0.3 is 4.90 Å². The molecule has 0 aliphatic heterocycles. The largest absolute Gasteiger partial charge is 0.303 e. The summed E-state index contributed by atoms with van der Waals surface area (Å²) in [4.78, 5) is 2.75. The molecule has 0 saturated heterocycles. The molecule has 0 heterocycles. The minimum Gasteiger partial charge on any atom is -0.303 e. The third-order valence-electron chi connectivity index (χ3n) is 4.85. The Kier molecular flexibility index (Phi) is 21.6. The fourth-order valence-electron chi connectivity index (χ4n) is 3.14. The lowest BCUT2D eigenvalue weighted by atomic mass is 10.1. The Balaban J connectivity index is 3.62. The van der Waals surface area contributed by atoms with Crippen LogP contribution in [0.4, 0.5) is 0 Å². The van der Waals surface area contributed by atoms with Gasteiger partial charge in [-0.05, 0) is 38.1 Å². The van der Waals surface area contributed by atoms with Crippen LogP contribution in [0.15, 0.2) is 0 Å². The van der Waals surface area contributed by atoms with Crippen LogP contribution < -0.4 is 0 Å². The van der Waals surface area contributed by atoms with Crippen molar-refractivity contribution in [1.82, 2.24) is 4.90 Å². The lowest BCUT2D eigenvalue weighted by Gasteiger charge is -2.22. The van der Waals surface area contributed by atoms with Crippen molar-refractivity contribution in [3.8, 4) is 0 Å². The van der Waals surface area contributed by atoms with E-state index in [2.05, 4.69) is 37.4 Å². The van der Waals surface area contributed by atoms with E-state index in [1.54, 1.807) is 0 Å². The van der Waals surface area contributed by atoms with Gasteiger partial charge in [0, 0.05) is 12.3 Å². The summed E-state index contributed by atoms with van der Waals surface area (Å²) < 4.78 is 0. The monoisotopic (exact) mass is 357 g/mol. The molecule has 0 aliphatic carbocycles. The second-order valence-corrected chi connectivity index (χ2v) is 8.57. The van der Waals surface area contributed by atoms with Crippen LogP contribution in [0.1, 0.15) is 111 Å². The molecule has 0 amide bonds. The molecule has 0 bridgehead atoms. The van der Waals surface area contributed by atoms with Crippen molar-refractivity contribution in [3.05, 3.63) is 0 Å².